The van der Waals surface area contributed by atoms with Crippen molar-refractivity contribution < 1.29 is 4.73 Å². The van der Waals surface area contributed by atoms with Crippen LogP contribution in [0.15, 0.2) is 9.59 Å². The van der Waals surface area contributed by atoms with E-state index in [1.807, 2.05) is 0 Å². The number of aryl methyl sites for hydroxylation is 2. The SMILES string of the molecule is Cc1nnc2c(c(=O)n(C)c(=O)n2C)[n+]1[O-]. The van der Waals surface area contributed by atoms with E-state index in [1.54, 1.807) is 0 Å². The molecule has 0 aliphatic heterocycles. The molecule has 0 aliphatic carbocycles. The third-order valence-electron chi connectivity index (χ3n) is 2.40. The van der Waals surface area contributed by atoms with Crippen molar-refractivity contribution in [3.63, 3.8) is 0 Å². The molecule has 0 spiro atoms. The van der Waals surface area contributed by atoms with Gasteiger partial charge in [0.25, 0.3) is 0 Å². The Bertz CT molecular complexity index is 699. The summed E-state index contributed by atoms with van der Waals surface area (Å²) in [6, 6.07) is 0. The van der Waals surface area contributed by atoms with Gasteiger partial charge >= 0.3 is 17.1 Å². The van der Waals surface area contributed by atoms with Crippen LogP contribution in [0.5, 0.6) is 0 Å². The van der Waals surface area contributed by atoms with Crippen molar-refractivity contribution in [1.82, 2.24) is 19.3 Å². The van der Waals surface area contributed by atoms with Crippen LogP contribution in [0.4, 0.5) is 0 Å². The molecule has 0 aromatic carbocycles. The zero-order chi connectivity index (χ0) is 12.0. The molecule has 0 N–H and O–H groups in total. The highest BCUT2D eigenvalue weighted by Gasteiger charge is 2.18. The second kappa shape index (κ2) is 3.12. The third kappa shape index (κ3) is 1.12. The summed E-state index contributed by atoms with van der Waals surface area (Å²) in [4.78, 5) is 23.3. The average molecular weight is 223 g/mol. The van der Waals surface area contributed by atoms with Crippen LogP contribution in [0.25, 0.3) is 11.2 Å². The second-order valence-electron chi connectivity index (χ2n) is 3.42. The van der Waals surface area contributed by atoms with Gasteiger partial charge in [-0.3, -0.25) is 13.9 Å². The van der Waals surface area contributed by atoms with Crippen molar-refractivity contribution in [3.8, 4) is 0 Å². The summed E-state index contributed by atoms with van der Waals surface area (Å²) in [7, 11) is 2.73. The molecule has 2 heterocycles. The Morgan fingerprint density at radius 2 is 1.81 bits per heavy atom. The van der Waals surface area contributed by atoms with Gasteiger partial charge in [-0.1, -0.05) is 0 Å². The molecular weight excluding hydrogens is 214 g/mol. The molecule has 2 aromatic rings. The average Bonchev–Trinajstić information content (AvgIpc) is 2.27. The van der Waals surface area contributed by atoms with Crippen molar-refractivity contribution >= 4 is 11.2 Å². The lowest BCUT2D eigenvalue weighted by Crippen LogP contribution is -2.45. The maximum Gasteiger partial charge on any atom is 0.332 e. The molecule has 0 amide bonds. The highest BCUT2D eigenvalue weighted by molar-refractivity contribution is 5.64. The summed E-state index contributed by atoms with van der Waals surface area (Å²) >= 11 is 0. The Morgan fingerprint density at radius 3 is 2.44 bits per heavy atom. The first-order chi connectivity index (χ1) is 7.45. The van der Waals surface area contributed by atoms with E-state index in [4.69, 9.17) is 0 Å². The van der Waals surface area contributed by atoms with Gasteiger partial charge in [0.2, 0.25) is 11.2 Å². The second-order valence-corrected chi connectivity index (χ2v) is 3.42. The molecule has 16 heavy (non-hydrogen) atoms. The fraction of sp³-hybridized carbons (Fsp3) is 0.375. The van der Waals surface area contributed by atoms with Gasteiger partial charge in [-0.05, 0) is 5.10 Å². The van der Waals surface area contributed by atoms with Crippen molar-refractivity contribution in [2.45, 2.75) is 6.92 Å². The molecule has 2 aromatic heterocycles. The number of aromatic nitrogens is 5. The van der Waals surface area contributed by atoms with Crippen molar-refractivity contribution in [2.24, 2.45) is 14.1 Å². The topological polar surface area (TPSA) is 96.7 Å². The number of hydrogen-bond donors (Lipinski definition) is 0. The van der Waals surface area contributed by atoms with Crippen LogP contribution in [-0.4, -0.2) is 19.3 Å². The zero-order valence-corrected chi connectivity index (χ0v) is 8.96. The largest absolute Gasteiger partial charge is 0.710 e. The predicted octanol–water partition coefficient (Wildman–Crippen LogP) is -2.03. The highest BCUT2D eigenvalue weighted by atomic mass is 16.5. The van der Waals surface area contributed by atoms with Crippen molar-refractivity contribution in [3.05, 3.63) is 31.9 Å². The summed E-state index contributed by atoms with van der Waals surface area (Å²) in [5.74, 6) is 0.0586. The van der Waals surface area contributed by atoms with E-state index in [-0.39, 0.29) is 17.0 Å². The van der Waals surface area contributed by atoms with Crippen LogP contribution in [0.3, 0.4) is 0 Å². The maximum atomic E-state index is 11.7. The first-order valence-corrected chi connectivity index (χ1v) is 4.47. The Hall–Kier alpha value is -2.25. The van der Waals surface area contributed by atoms with Gasteiger partial charge in [0.15, 0.2) is 0 Å². The van der Waals surface area contributed by atoms with E-state index in [2.05, 4.69) is 10.2 Å². The minimum atomic E-state index is -0.675. The van der Waals surface area contributed by atoms with Gasteiger partial charge in [0.1, 0.15) is 0 Å². The smallest absolute Gasteiger partial charge is 0.332 e. The number of rotatable bonds is 0. The van der Waals surface area contributed by atoms with Gasteiger partial charge in [0, 0.05) is 21.0 Å². The highest BCUT2D eigenvalue weighted by Crippen LogP contribution is 1.96. The fourth-order valence-corrected chi connectivity index (χ4v) is 1.43. The van der Waals surface area contributed by atoms with Crippen LogP contribution in [0.1, 0.15) is 5.82 Å². The molecular formula is C8H9N5O3. The molecule has 0 fully saturated rings. The van der Waals surface area contributed by atoms with Gasteiger partial charge in [-0.15, -0.1) is 0 Å². The van der Waals surface area contributed by atoms with E-state index in [1.165, 1.54) is 21.0 Å². The van der Waals surface area contributed by atoms with Gasteiger partial charge in [-0.2, -0.15) is 0 Å². The van der Waals surface area contributed by atoms with Crippen molar-refractivity contribution in [2.75, 3.05) is 0 Å². The Kier molecular flexibility index (Phi) is 2.00. The number of hydrogen-bond acceptors (Lipinski definition) is 5. The van der Waals surface area contributed by atoms with Crippen LogP contribution < -0.4 is 16.0 Å². The van der Waals surface area contributed by atoms with Gasteiger partial charge < -0.3 is 5.21 Å². The quantitative estimate of drug-likeness (QED) is 0.379. The zero-order valence-electron chi connectivity index (χ0n) is 8.96. The summed E-state index contributed by atoms with van der Waals surface area (Å²) in [5.41, 5.74) is -1.42. The van der Waals surface area contributed by atoms with Crippen molar-refractivity contribution in [1.29, 1.82) is 0 Å². The molecule has 8 nitrogen and oxygen atoms in total. The summed E-state index contributed by atoms with van der Waals surface area (Å²) < 4.78 is 2.35. The van der Waals surface area contributed by atoms with E-state index in [0.29, 0.717) is 4.73 Å². The van der Waals surface area contributed by atoms with E-state index in [9.17, 15) is 14.8 Å². The first kappa shape index (κ1) is 10.3. The lowest BCUT2D eigenvalue weighted by molar-refractivity contribution is -0.589. The molecule has 0 unspecified atom stereocenters. The van der Waals surface area contributed by atoms with Crippen LogP contribution in [0.2, 0.25) is 0 Å². The van der Waals surface area contributed by atoms with Crippen LogP contribution >= 0.6 is 0 Å². The third-order valence-corrected chi connectivity index (χ3v) is 2.40. The van der Waals surface area contributed by atoms with Gasteiger partial charge in [-0.25, -0.2) is 9.52 Å². The number of fused-ring (bicyclic) bond motifs is 1. The van der Waals surface area contributed by atoms with Crippen LogP contribution in [0, 0.1) is 12.1 Å². The van der Waals surface area contributed by atoms with Crippen LogP contribution in [-0.2, 0) is 14.1 Å². The van der Waals surface area contributed by atoms with E-state index < -0.39 is 11.2 Å². The summed E-state index contributed by atoms with van der Waals surface area (Å²) in [6.45, 7) is 1.43. The monoisotopic (exact) mass is 223 g/mol. The molecule has 8 heteroatoms. The lowest BCUT2D eigenvalue weighted by Gasteiger charge is -2.08. The molecule has 0 bridgehead atoms. The molecule has 0 aliphatic rings. The summed E-state index contributed by atoms with van der Waals surface area (Å²) in [6.07, 6.45) is 0. The van der Waals surface area contributed by atoms with E-state index in [0.717, 1.165) is 9.13 Å². The minimum Gasteiger partial charge on any atom is -0.710 e. The molecule has 0 radical (unpaired) electrons. The summed E-state index contributed by atoms with van der Waals surface area (Å²) in [5, 5.41) is 18.9. The Morgan fingerprint density at radius 1 is 1.19 bits per heavy atom. The lowest BCUT2D eigenvalue weighted by atomic mass is 10.5. The molecule has 2 rings (SSSR count). The molecule has 0 atom stereocenters. The molecule has 84 valence electrons. The standard InChI is InChI=1S/C8H9N5O3/c1-4-9-10-6-5(13(4)16)7(14)12(3)8(15)11(6)2/h1-3H3. The Balaban J connectivity index is 3.22. The molecule has 0 saturated heterocycles. The predicted molar refractivity (Wildman–Crippen MR) is 53.7 cm³/mol. The number of nitrogens with zero attached hydrogens (tertiary/aromatic N) is 5. The van der Waals surface area contributed by atoms with Gasteiger partial charge in [0.05, 0.1) is 5.10 Å². The maximum absolute atomic E-state index is 11.7. The first-order valence-electron chi connectivity index (χ1n) is 4.47. The van der Waals surface area contributed by atoms with E-state index >= 15 is 0 Å². The normalized spacial score (nSPS) is 10.9. The fourth-order valence-electron chi connectivity index (χ4n) is 1.43. The molecule has 0 saturated carbocycles. The Labute approximate surface area is 89.0 Å². The minimum absolute atomic E-state index is 0.0197.